The molecular formula is C15H22N2O3. The van der Waals surface area contributed by atoms with Gasteiger partial charge < -0.3 is 9.52 Å². The number of furan rings is 1. The van der Waals surface area contributed by atoms with Gasteiger partial charge in [-0.2, -0.15) is 0 Å². The molecule has 5 heteroatoms. The molecule has 0 saturated carbocycles. The van der Waals surface area contributed by atoms with Crippen LogP contribution in [0.5, 0.6) is 0 Å². The van der Waals surface area contributed by atoms with Crippen LogP contribution in [0.15, 0.2) is 10.5 Å². The number of carbonyl (C=O) groups is 1. The third-order valence-corrected chi connectivity index (χ3v) is 4.53. The molecule has 2 fully saturated rings. The fraction of sp³-hybridized carbons (Fsp3) is 0.667. The zero-order chi connectivity index (χ0) is 14.1. The van der Waals surface area contributed by atoms with Crippen LogP contribution in [0, 0.1) is 6.92 Å². The number of hydrogen-bond acceptors (Lipinski definition) is 4. The molecule has 1 N–H and O–H groups in total. The summed E-state index contributed by atoms with van der Waals surface area (Å²) in [6.45, 7) is 7.31. The number of hydrogen-bond donors (Lipinski definition) is 1. The number of carboxylic acids is 1. The van der Waals surface area contributed by atoms with Crippen LogP contribution < -0.4 is 0 Å². The van der Waals surface area contributed by atoms with Crippen LogP contribution in [0.25, 0.3) is 0 Å². The van der Waals surface area contributed by atoms with Crippen LogP contribution >= 0.6 is 0 Å². The molecular weight excluding hydrogens is 256 g/mol. The molecule has 3 heterocycles. The maximum absolute atomic E-state index is 10.9. The van der Waals surface area contributed by atoms with Crippen molar-refractivity contribution >= 4 is 5.97 Å². The van der Waals surface area contributed by atoms with Gasteiger partial charge in [0.25, 0.3) is 0 Å². The molecule has 1 unspecified atom stereocenters. The number of likely N-dealkylation sites (tertiary alicyclic amines) is 2. The van der Waals surface area contributed by atoms with Crippen LogP contribution in [-0.2, 0) is 6.54 Å². The van der Waals surface area contributed by atoms with Gasteiger partial charge in [-0.25, -0.2) is 4.79 Å². The lowest BCUT2D eigenvalue weighted by Gasteiger charge is -2.23. The monoisotopic (exact) mass is 278 g/mol. The Morgan fingerprint density at radius 1 is 1.40 bits per heavy atom. The third-order valence-electron chi connectivity index (χ3n) is 4.53. The molecule has 20 heavy (non-hydrogen) atoms. The number of aryl methyl sites for hydroxylation is 1. The first-order valence-electron chi connectivity index (χ1n) is 7.42. The number of nitrogens with zero attached hydrogens (tertiary/aromatic N) is 2. The maximum Gasteiger partial charge on any atom is 0.371 e. The summed E-state index contributed by atoms with van der Waals surface area (Å²) in [5, 5.41) is 8.96. The third kappa shape index (κ3) is 2.74. The molecule has 1 atom stereocenters. The fourth-order valence-corrected chi connectivity index (χ4v) is 3.38. The zero-order valence-corrected chi connectivity index (χ0v) is 12.0. The second-order valence-corrected chi connectivity index (χ2v) is 5.92. The second-order valence-electron chi connectivity index (χ2n) is 5.92. The lowest BCUT2D eigenvalue weighted by Crippen LogP contribution is -2.35. The predicted octanol–water partition coefficient (Wildman–Crippen LogP) is 1.96. The molecule has 0 bridgehead atoms. The van der Waals surface area contributed by atoms with E-state index >= 15 is 0 Å². The Morgan fingerprint density at radius 2 is 2.15 bits per heavy atom. The Labute approximate surface area is 119 Å². The van der Waals surface area contributed by atoms with E-state index in [0.29, 0.717) is 6.04 Å². The predicted molar refractivity (Wildman–Crippen MR) is 74.9 cm³/mol. The molecule has 0 aromatic carbocycles. The summed E-state index contributed by atoms with van der Waals surface area (Å²) in [5.41, 5.74) is 1.00. The summed E-state index contributed by atoms with van der Waals surface area (Å²) in [7, 11) is 0. The standard InChI is InChI=1S/C15H22N2O3/c1-11-12(8-14(20-11)15(18)19)9-16-7-4-13(10-16)17-5-2-3-6-17/h8,13H,2-7,9-10H2,1H3,(H,18,19). The molecule has 2 aliphatic rings. The summed E-state index contributed by atoms with van der Waals surface area (Å²) < 4.78 is 5.28. The molecule has 110 valence electrons. The highest BCUT2D eigenvalue weighted by Gasteiger charge is 2.29. The van der Waals surface area contributed by atoms with Crippen molar-refractivity contribution in [2.24, 2.45) is 0 Å². The first-order valence-corrected chi connectivity index (χ1v) is 7.42. The Morgan fingerprint density at radius 3 is 2.80 bits per heavy atom. The summed E-state index contributed by atoms with van der Waals surface area (Å²) in [6, 6.07) is 2.35. The Bertz CT molecular complexity index is 491. The fourth-order valence-electron chi connectivity index (χ4n) is 3.38. The molecule has 1 aromatic rings. The van der Waals surface area contributed by atoms with Gasteiger partial charge in [0.15, 0.2) is 0 Å². The maximum atomic E-state index is 10.9. The summed E-state index contributed by atoms with van der Waals surface area (Å²) >= 11 is 0. The van der Waals surface area contributed by atoms with Gasteiger partial charge in [0.1, 0.15) is 5.76 Å². The molecule has 1 aromatic heterocycles. The Hall–Kier alpha value is -1.33. The molecule has 0 amide bonds. The van der Waals surface area contributed by atoms with Gasteiger partial charge in [-0.05, 0) is 45.3 Å². The van der Waals surface area contributed by atoms with Crippen molar-refractivity contribution < 1.29 is 14.3 Å². The molecule has 3 rings (SSSR count). The minimum absolute atomic E-state index is 0.0489. The Kier molecular flexibility index (Phi) is 3.81. The van der Waals surface area contributed by atoms with E-state index in [0.717, 1.165) is 31.0 Å². The lowest BCUT2D eigenvalue weighted by molar-refractivity contribution is 0.0661. The van der Waals surface area contributed by atoms with Gasteiger partial charge in [0.2, 0.25) is 5.76 Å². The van der Waals surface area contributed by atoms with Gasteiger partial charge in [0, 0.05) is 31.2 Å². The van der Waals surface area contributed by atoms with E-state index < -0.39 is 5.97 Å². The highest BCUT2D eigenvalue weighted by molar-refractivity contribution is 5.84. The molecule has 0 radical (unpaired) electrons. The lowest BCUT2D eigenvalue weighted by atomic mass is 10.2. The van der Waals surface area contributed by atoms with E-state index in [1.165, 1.54) is 32.4 Å². The van der Waals surface area contributed by atoms with Crippen LogP contribution in [0.1, 0.15) is 41.1 Å². The van der Waals surface area contributed by atoms with Crippen molar-refractivity contribution in [1.82, 2.24) is 9.80 Å². The molecule has 5 nitrogen and oxygen atoms in total. The topological polar surface area (TPSA) is 56.9 Å². The Balaban J connectivity index is 1.60. The number of carboxylic acid groups (broad SMARTS) is 1. The average molecular weight is 278 g/mol. The van der Waals surface area contributed by atoms with Crippen molar-refractivity contribution in [2.75, 3.05) is 26.2 Å². The zero-order valence-electron chi connectivity index (χ0n) is 12.0. The summed E-state index contributed by atoms with van der Waals surface area (Å²) in [4.78, 5) is 15.9. The van der Waals surface area contributed by atoms with Crippen LogP contribution in [0.2, 0.25) is 0 Å². The van der Waals surface area contributed by atoms with E-state index in [4.69, 9.17) is 9.52 Å². The van der Waals surface area contributed by atoms with E-state index in [2.05, 4.69) is 9.80 Å². The normalized spacial score (nSPS) is 24.6. The van der Waals surface area contributed by atoms with Crippen molar-refractivity contribution in [1.29, 1.82) is 0 Å². The largest absolute Gasteiger partial charge is 0.475 e. The minimum Gasteiger partial charge on any atom is -0.475 e. The molecule has 0 aliphatic carbocycles. The molecule has 2 saturated heterocycles. The first kappa shape index (κ1) is 13.6. The first-order chi connectivity index (χ1) is 9.63. The van der Waals surface area contributed by atoms with Crippen LogP contribution in [0.4, 0.5) is 0 Å². The van der Waals surface area contributed by atoms with Gasteiger partial charge in [-0.3, -0.25) is 9.80 Å². The van der Waals surface area contributed by atoms with E-state index in [1.54, 1.807) is 6.07 Å². The minimum atomic E-state index is -0.990. The van der Waals surface area contributed by atoms with E-state index in [1.807, 2.05) is 6.92 Å². The SMILES string of the molecule is Cc1oc(C(=O)O)cc1CN1CCC(N2CCCC2)C1. The van der Waals surface area contributed by atoms with Gasteiger partial charge >= 0.3 is 5.97 Å². The van der Waals surface area contributed by atoms with Gasteiger partial charge in [0.05, 0.1) is 0 Å². The van der Waals surface area contributed by atoms with Gasteiger partial charge in [-0.15, -0.1) is 0 Å². The molecule has 0 spiro atoms. The van der Waals surface area contributed by atoms with Gasteiger partial charge in [-0.1, -0.05) is 0 Å². The smallest absolute Gasteiger partial charge is 0.371 e. The van der Waals surface area contributed by atoms with Crippen molar-refractivity contribution in [3.63, 3.8) is 0 Å². The highest BCUT2D eigenvalue weighted by atomic mass is 16.4. The van der Waals surface area contributed by atoms with Crippen molar-refractivity contribution in [2.45, 2.75) is 38.8 Å². The van der Waals surface area contributed by atoms with Crippen LogP contribution in [-0.4, -0.2) is 53.1 Å². The number of rotatable bonds is 4. The quantitative estimate of drug-likeness (QED) is 0.912. The highest BCUT2D eigenvalue weighted by Crippen LogP contribution is 2.23. The summed E-state index contributed by atoms with van der Waals surface area (Å²) in [5.74, 6) is -0.212. The van der Waals surface area contributed by atoms with Crippen LogP contribution in [0.3, 0.4) is 0 Å². The van der Waals surface area contributed by atoms with Crippen molar-refractivity contribution in [3.05, 3.63) is 23.2 Å². The van der Waals surface area contributed by atoms with E-state index in [-0.39, 0.29) is 5.76 Å². The second kappa shape index (κ2) is 5.58. The summed E-state index contributed by atoms with van der Waals surface area (Å²) in [6.07, 6.45) is 3.89. The molecule has 2 aliphatic heterocycles. The van der Waals surface area contributed by atoms with Crippen molar-refractivity contribution in [3.8, 4) is 0 Å². The number of aromatic carboxylic acids is 1. The van der Waals surface area contributed by atoms with E-state index in [9.17, 15) is 4.79 Å². The average Bonchev–Trinajstić information content (AvgIpc) is 3.11.